The van der Waals surface area contributed by atoms with E-state index in [1.807, 2.05) is 11.7 Å². The third-order valence-electron chi connectivity index (χ3n) is 4.35. The van der Waals surface area contributed by atoms with Crippen LogP contribution < -0.4 is 5.32 Å². The van der Waals surface area contributed by atoms with Crippen molar-refractivity contribution in [3.63, 3.8) is 0 Å². The maximum absolute atomic E-state index is 4.73. The molecule has 4 nitrogen and oxygen atoms in total. The zero-order valence-corrected chi connectivity index (χ0v) is 12.6. The number of nitrogens with zero attached hydrogens (tertiary/aromatic N) is 3. The van der Waals surface area contributed by atoms with Gasteiger partial charge in [-0.15, -0.1) is 0 Å². The third-order valence-corrected chi connectivity index (χ3v) is 4.35. The molecule has 4 heteroatoms. The molecule has 0 bridgehead atoms. The Morgan fingerprint density at radius 3 is 2.95 bits per heavy atom. The average Bonchev–Trinajstić information content (AvgIpc) is 2.76. The normalized spacial score (nSPS) is 20.9. The summed E-state index contributed by atoms with van der Waals surface area (Å²) >= 11 is 0. The van der Waals surface area contributed by atoms with Crippen molar-refractivity contribution in [2.24, 2.45) is 13.0 Å². The third kappa shape index (κ3) is 2.45. The molecular formula is C16H24N4. The van der Waals surface area contributed by atoms with E-state index < -0.39 is 0 Å². The van der Waals surface area contributed by atoms with Crippen molar-refractivity contribution in [3.8, 4) is 0 Å². The summed E-state index contributed by atoms with van der Waals surface area (Å²) in [4.78, 5) is 2.58. The molecule has 0 spiro atoms. The second-order valence-corrected chi connectivity index (χ2v) is 6.07. The minimum Gasteiger partial charge on any atom is -0.314 e. The number of para-hydroxylation sites is 1. The lowest BCUT2D eigenvalue weighted by Gasteiger charge is -2.38. The smallest absolute Gasteiger partial charge is 0.0843 e. The second-order valence-electron chi connectivity index (χ2n) is 6.07. The van der Waals surface area contributed by atoms with Gasteiger partial charge in [0.1, 0.15) is 0 Å². The standard InChI is InChI=1S/C16H24N4/c1-12(2)16-10-17-8-9-20(16)11-14-13-6-4-5-7-15(13)19(3)18-14/h4-7,12,16-17H,8-11H2,1-3H3. The molecule has 1 atom stereocenters. The van der Waals surface area contributed by atoms with Gasteiger partial charge in [0.25, 0.3) is 0 Å². The lowest BCUT2D eigenvalue weighted by atomic mass is 10.00. The fourth-order valence-electron chi connectivity index (χ4n) is 3.22. The summed E-state index contributed by atoms with van der Waals surface area (Å²) in [6.07, 6.45) is 0. The second kappa shape index (κ2) is 5.54. The molecule has 1 fully saturated rings. The number of nitrogens with one attached hydrogen (secondary N) is 1. The molecule has 3 rings (SSSR count). The lowest BCUT2D eigenvalue weighted by Crippen LogP contribution is -2.53. The lowest BCUT2D eigenvalue weighted by molar-refractivity contribution is 0.116. The van der Waals surface area contributed by atoms with Crippen molar-refractivity contribution >= 4 is 10.9 Å². The maximum Gasteiger partial charge on any atom is 0.0843 e. The van der Waals surface area contributed by atoms with Gasteiger partial charge in [-0.1, -0.05) is 32.0 Å². The number of benzene rings is 1. The van der Waals surface area contributed by atoms with Gasteiger partial charge in [0.15, 0.2) is 0 Å². The van der Waals surface area contributed by atoms with Crippen LogP contribution in [0.25, 0.3) is 10.9 Å². The zero-order chi connectivity index (χ0) is 14.1. The van der Waals surface area contributed by atoms with Crippen LogP contribution in [0.3, 0.4) is 0 Å². The first-order chi connectivity index (χ1) is 9.66. The molecule has 1 aliphatic rings. The molecule has 1 N–H and O–H groups in total. The van der Waals surface area contributed by atoms with Crippen molar-refractivity contribution in [3.05, 3.63) is 30.0 Å². The number of piperazine rings is 1. The van der Waals surface area contributed by atoms with E-state index in [0.717, 1.165) is 26.2 Å². The predicted molar refractivity (Wildman–Crippen MR) is 82.6 cm³/mol. The quantitative estimate of drug-likeness (QED) is 0.928. The SMILES string of the molecule is CC(C)C1CNCCN1Cc1nn(C)c2ccccc12. The number of aryl methyl sites for hydroxylation is 1. The van der Waals surface area contributed by atoms with E-state index in [1.165, 1.54) is 16.6 Å². The highest BCUT2D eigenvalue weighted by atomic mass is 15.3. The molecule has 1 aromatic carbocycles. The van der Waals surface area contributed by atoms with Gasteiger partial charge < -0.3 is 5.32 Å². The Kier molecular flexibility index (Phi) is 3.76. The van der Waals surface area contributed by atoms with Crippen molar-refractivity contribution < 1.29 is 0 Å². The summed E-state index contributed by atoms with van der Waals surface area (Å²) in [6.45, 7) is 8.83. The van der Waals surface area contributed by atoms with Gasteiger partial charge in [-0.05, 0) is 12.0 Å². The molecule has 1 aromatic heterocycles. The molecular weight excluding hydrogens is 248 g/mol. The van der Waals surface area contributed by atoms with E-state index in [4.69, 9.17) is 5.10 Å². The van der Waals surface area contributed by atoms with Crippen LogP contribution in [0.4, 0.5) is 0 Å². The molecule has 2 heterocycles. The van der Waals surface area contributed by atoms with Crippen LogP contribution in [-0.2, 0) is 13.6 Å². The van der Waals surface area contributed by atoms with Crippen LogP contribution in [-0.4, -0.2) is 40.4 Å². The van der Waals surface area contributed by atoms with Gasteiger partial charge in [0, 0.05) is 44.7 Å². The van der Waals surface area contributed by atoms with Crippen LogP contribution >= 0.6 is 0 Å². The van der Waals surface area contributed by atoms with Gasteiger partial charge >= 0.3 is 0 Å². The summed E-state index contributed by atoms with van der Waals surface area (Å²) in [5.74, 6) is 0.665. The number of hydrogen-bond acceptors (Lipinski definition) is 3. The Morgan fingerprint density at radius 1 is 1.35 bits per heavy atom. The molecule has 1 saturated heterocycles. The van der Waals surface area contributed by atoms with Crippen molar-refractivity contribution in [2.75, 3.05) is 19.6 Å². The van der Waals surface area contributed by atoms with E-state index >= 15 is 0 Å². The monoisotopic (exact) mass is 272 g/mol. The summed E-state index contributed by atoms with van der Waals surface area (Å²) in [6, 6.07) is 9.11. The first kappa shape index (κ1) is 13.6. The molecule has 20 heavy (non-hydrogen) atoms. The fraction of sp³-hybridized carbons (Fsp3) is 0.562. The molecule has 0 amide bonds. The fourth-order valence-corrected chi connectivity index (χ4v) is 3.22. The molecule has 108 valence electrons. The summed E-state index contributed by atoms with van der Waals surface area (Å²) < 4.78 is 2.00. The summed E-state index contributed by atoms with van der Waals surface area (Å²) in [5.41, 5.74) is 2.43. The van der Waals surface area contributed by atoms with E-state index in [1.54, 1.807) is 0 Å². The van der Waals surface area contributed by atoms with Crippen LogP contribution in [0.15, 0.2) is 24.3 Å². The van der Waals surface area contributed by atoms with Gasteiger partial charge in [-0.2, -0.15) is 5.10 Å². The topological polar surface area (TPSA) is 33.1 Å². The van der Waals surface area contributed by atoms with Crippen LogP contribution in [0, 0.1) is 5.92 Å². The molecule has 0 saturated carbocycles. The van der Waals surface area contributed by atoms with Crippen LogP contribution in [0.2, 0.25) is 0 Å². The highest BCUT2D eigenvalue weighted by molar-refractivity contribution is 5.81. The summed E-state index contributed by atoms with van der Waals surface area (Å²) in [7, 11) is 2.03. The Labute approximate surface area is 120 Å². The van der Waals surface area contributed by atoms with Gasteiger partial charge in [-0.25, -0.2) is 0 Å². The van der Waals surface area contributed by atoms with E-state index in [9.17, 15) is 0 Å². The zero-order valence-electron chi connectivity index (χ0n) is 12.6. The van der Waals surface area contributed by atoms with Crippen molar-refractivity contribution in [1.29, 1.82) is 0 Å². The largest absolute Gasteiger partial charge is 0.314 e. The predicted octanol–water partition coefficient (Wildman–Crippen LogP) is 2.00. The highest BCUT2D eigenvalue weighted by Gasteiger charge is 2.26. The van der Waals surface area contributed by atoms with Crippen LogP contribution in [0.5, 0.6) is 0 Å². The van der Waals surface area contributed by atoms with E-state index in [-0.39, 0.29) is 0 Å². The summed E-state index contributed by atoms with van der Waals surface area (Å²) in [5, 5.41) is 9.53. The van der Waals surface area contributed by atoms with E-state index in [0.29, 0.717) is 12.0 Å². The van der Waals surface area contributed by atoms with Gasteiger partial charge in [-0.3, -0.25) is 9.58 Å². The molecule has 0 aliphatic carbocycles. The molecule has 1 aliphatic heterocycles. The Morgan fingerprint density at radius 2 is 2.15 bits per heavy atom. The Hall–Kier alpha value is -1.39. The number of rotatable bonds is 3. The minimum absolute atomic E-state index is 0.601. The molecule has 0 radical (unpaired) electrons. The van der Waals surface area contributed by atoms with Gasteiger partial charge in [0.2, 0.25) is 0 Å². The van der Waals surface area contributed by atoms with Gasteiger partial charge in [0.05, 0.1) is 11.2 Å². The average molecular weight is 272 g/mol. The highest BCUT2D eigenvalue weighted by Crippen LogP contribution is 2.22. The first-order valence-corrected chi connectivity index (χ1v) is 7.52. The van der Waals surface area contributed by atoms with Crippen LogP contribution in [0.1, 0.15) is 19.5 Å². The number of aromatic nitrogens is 2. The maximum atomic E-state index is 4.73. The Balaban J connectivity index is 1.88. The minimum atomic E-state index is 0.601. The number of hydrogen-bond donors (Lipinski definition) is 1. The van der Waals surface area contributed by atoms with E-state index in [2.05, 4.69) is 48.3 Å². The molecule has 1 unspecified atom stereocenters. The Bertz CT molecular complexity index is 587. The van der Waals surface area contributed by atoms with Crippen molar-refractivity contribution in [2.45, 2.75) is 26.4 Å². The van der Waals surface area contributed by atoms with Crippen molar-refractivity contribution in [1.82, 2.24) is 20.0 Å². The molecule has 2 aromatic rings. The first-order valence-electron chi connectivity index (χ1n) is 7.52. The number of fused-ring (bicyclic) bond motifs is 1.